The maximum Gasteiger partial charge on any atom is 0.0932 e. The first-order valence-electron chi connectivity index (χ1n) is 7.78. The summed E-state index contributed by atoms with van der Waals surface area (Å²) in [5.74, 6) is 0.689. The summed E-state index contributed by atoms with van der Waals surface area (Å²) in [6, 6.07) is 0. The lowest BCUT2D eigenvalue weighted by atomic mass is 10.0. The quantitative estimate of drug-likeness (QED) is 0.623. The van der Waals surface area contributed by atoms with Crippen molar-refractivity contribution < 1.29 is 9.47 Å². The SMILES string of the molecule is CCCCC(CC)COC(CNC(C)(C)C)COC. The number of ether oxygens (including phenoxy) is 2. The fourth-order valence-corrected chi connectivity index (χ4v) is 1.94. The Bertz CT molecular complexity index is 201. The molecule has 0 aromatic carbocycles. The van der Waals surface area contributed by atoms with Crippen LogP contribution in [0, 0.1) is 5.92 Å². The second-order valence-corrected chi connectivity index (χ2v) is 6.46. The molecule has 0 aliphatic carbocycles. The van der Waals surface area contributed by atoms with E-state index < -0.39 is 0 Å². The third kappa shape index (κ3) is 11.4. The van der Waals surface area contributed by atoms with Gasteiger partial charge in [0.15, 0.2) is 0 Å². The molecule has 0 amide bonds. The molecule has 116 valence electrons. The summed E-state index contributed by atoms with van der Waals surface area (Å²) in [5, 5.41) is 3.49. The Balaban J connectivity index is 4.03. The van der Waals surface area contributed by atoms with E-state index in [1.807, 2.05) is 0 Å². The van der Waals surface area contributed by atoms with Gasteiger partial charge in [-0.3, -0.25) is 0 Å². The monoisotopic (exact) mass is 273 g/mol. The topological polar surface area (TPSA) is 30.5 Å². The molecule has 0 radical (unpaired) electrons. The van der Waals surface area contributed by atoms with Crippen LogP contribution in [0.1, 0.15) is 60.3 Å². The van der Waals surface area contributed by atoms with E-state index in [-0.39, 0.29) is 11.6 Å². The Morgan fingerprint density at radius 3 is 2.26 bits per heavy atom. The van der Waals surface area contributed by atoms with Crippen LogP contribution in [0.3, 0.4) is 0 Å². The van der Waals surface area contributed by atoms with Crippen molar-refractivity contribution in [3.63, 3.8) is 0 Å². The number of hydrogen-bond donors (Lipinski definition) is 1. The van der Waals surface area contributed by atoms with Gasteiger partial charge in [-0.05, 0) is 33.1 Å². The molecule has 0 aromatic rings. The van der Waals surface area contributed by atoms with Crippen LogP contribution in [0.2, 0.25) is 0 Å². The van der Waals surface area contributed by atoms with Crippen molar-refractivity contribution in [2.45, 2.75) is 71.9 Å². The second kappa shape index (κ2) is 10.6. The summed E-state index contributed by atoms with van der Waals surface area (Å²) in [6.45, 7) is 13.4. The minimum atomic E-state index is 0.127. The predicted octanol–water partition coefficient (Wildman–Crippen LogP) is 3.62. The molecule has 19 heavy (non-hydrogen) atoms. The van der Waals surface area contributed by atoms with Crippen LogP contribution in [0.15, 0.2) is 0 Å². The Kier molecular flexibility index (Phi) is 10.6. The second-order valence-electron chi connectivity index (χ2n) is 6.46. The minimum absolute atomic E-state index is 0.127. The molecule has 2 atom stereocenters. The third-order valence-corrected chi connectivity index (χ3v) is 3.32. The highest BCUT2D eigenvalue weighted by atomic mass is 16.5. The van der Waals surface area contributed by atoms with Crippen molar-refractivity contribution in [2.75, 3.05) is 26.9 Å². The van der Waals surface area contributed by atoms with E-state index in [2.05, 4.69) is 39.9 Å². The number of hydrogen-bond acceptors (Lipinski definition) is 3. The van der Waals surface area contributed by atoms with Crippen molar-refractivity contribution in [3.8, 4) is 0 Å². The van der Waals surface area contributed by atoms with Gasteiger partial charge in [0.25, 0.3) is 0 Å². The Labute approximate surface area is 120 Å². The summed E-state index contributed by atoms with van der Waals surface area (Å²) < 4.78 is 11.3. The number of unbranched alkanes of at least 4 members (excludes halogenated alkanes) is 1. The molecule has 0 aromatic heterocycles. The molecule has 3 heteroatoms. The fraction of sp³-hybridized carbons (Fsp3) is 1.00. The van der Waals surface area contributed by atoms with E-state index in [0.29, 0.717) is 12.5 Å². The van der Waals surface area contributed by atoms with Gasteiger partial charge < -0.3 is 14.8 Å². The molecule has 0 aliphatic heterocycles. The van der Waals surface area contributed by atoms with Gasteiger partial charge in [0, 0.05) is 25.8 Å². The van der Waals surface area contributed by atoms with Crippen LogP contribution in [0.4, 0.5) is 0 Å². The maximum absolute atomic E-state index is 6.04. The summed E-state index contributed by atoms with van der Waals surface area (Å²) >= 11 is 0. The summed E-state index contributed by atoms with van der Waals surface area (Å²) in [6.07, 6.45) is 5.20. The predicted molar refractivity (Wildman–Crippen MR) is 82.7 cm³/mol. The van der Waals surface area contributed by atoms with Crippen molar-refractivity contribution in [1.29, 1.82) is 0 Å². The molecule has 0 aliphatic rings. The number of methoxy groups -OCH3 is 1. The van der Waals surface area contributed by atoms with Gasteiger partial charge in [-0.2, -0.15) is 0 Å². The lowest BCUT2D eigenvalue weighted by Crippen LogP contribution is -2.43. The van der Waals surface area contributed by atoms with Gasteiger partial charge in [-0.25, -0.2) is 0 Å². The van der Waals surface area contributed by atoms with E-state index >= 15 is 0 Å². The van der Waals surface area contributed by atoms with Crippen LogP contribution in [-0.2, 0) is 9.47 Å². The standard InChI is InChI=1S/C16H35NO2/c1-7-9-10-14(8-2)12-19-15(13-18-6)11-17-16(3,4)5/h14-15,17H,7-13H2,1-6H3. The van der Waals surface area contributed by atoms with E-state index in [4.69, 9.17) is 9.47 Å². The van der Waals surface area contributed by atoms with Crippen LogP contribution in [-0.4, -0.2) is 38.5 Å². The van der Waals surface area contributed by atoms with Gasteiger partial charge in [-0.15, -0.1) is 0 Å². The summed E-state index contributed by atoms with van der Waals surface area (Å²) in [5.41, 5.74) is 0.127. The maximum atomic E-state index is 6.04. The van der Waals surface area contributed by atoms with E-state index in [0.717, 1.165) is 13.2 Å². The molecule has 3 nitrogen and oxygen atoms in total. The van der Waals surface area contributed by atoms with E-state index in [1.165, 1.54) is 25.7 Å². The van der Waals surface area contributed by atoms with E-state index in [9.17, 15) is 0 Å². The van der Waals surface area contributed by atoms with Gasteiger partial charge in [0.2, 0.25) is 0 Å². The van der Waals surface area contributed by atoms with Crippen LogP contribution in [0.25, 0.3) is 0 Å². The Morgan fingerprint density at radius 1 is 1.11 bits per heavy atom. The van der Waals surface area contributed by atoms with Crippen LogP contribution >= 0.6 is 0 Å². The van der Waals surface area contributed by atoms with Gasteiger partial charge >= 0.3 is 0 Å². The minimum Gasteiger partial charge on any atom is -0.382 e. The largest absolute Gasteiger partial charge is 0.382 e. The lowest BCUT2D eigenvalue weighted by molar-refractivity contribution is -0.0203. The number of nitrogens with one attached hydrogen (secondary N) is 1. The molecule has 0 fully saturated rings. The third-order valence-electron chi connectivity index (χ3n) is 3.32. The highest BCUT2D eigenvalue weighted by Crippen LogP contribution is 2.14. The average Bonchev–Trinajstić information content (AvgIpc) is 2.35. The molecular weight excluding hydrogens is 238 g/mol. The highest BCUT2D eigenvalue weighted by Gasteiger charge is 2.16. The average molecular weight is 273 g/mol. The van der Waals surface area contributed by atoms with Crippen molar-refractivity contribution in [1.82, 2.24) is 5.32 Å². The molecule has 0 saturated heterocycles. The zero-order chi connectivity index (χ0) is 14.7. The Morgan fingerprint density at radius 2 is 1.79 bits per heavy atom. The molecule has 0 rings (SSSR count). The van der Waals surface area contributed by atoms with E-state index in [1.54, 1.807) is 7.11 Å². The van der Waals surface area contributed by atoms with Crippen molar-refractivity contribution in [2.24, 2.45) is 5.92 Å². The van der Waals surface area contributed by atoms with Gasteiger partial charge in [0.05, 0.1) is 12.7 Å². The molecular formula is C16H35NO2. The summed E-state index contributed by atoms with van der Waals surface area (Å²) in [7, 11) is 1.74. The number of rotatable bonds is 11. The molecule has 0 heterocycles. The first-order valence-corrected chi connectivity index (χ1v) is 7.78. The zero-order valence-corrected chi connectivity index (χ0v) is 13.9. The molecule has 0 bridgehead atoms. The highest BCUT2D eigenvalue weighted by molar-refractivity contribution is 4.73. The Hall–Kier alpha value is -0.120. The normalized spacial score (nSPS) is 15.5. The van der Waals surface area contributed by atoms with Crippen LogP contribution in [0.5, 0.6) is 0 Å². The smallest absolute Gasteiger partial charge is 0.0932 e. The first-order chi connectivity index (χ1) is 8.92. The molecule has 0 spiro atoms. The molecule has 1 N–H and O–H groups in total. The first kappa shape index (κ1) is 18.9. The summed E-state index contributed by atoms with van der Waals surface area (Å²) in [4.78, 5) is 0. The van der Waals surface area contributed by atoms with Gasteiger partial charge in [-0.1, -0.05) is 33.1 Å². The van der Waals surface area contributed by atoms with Crippen molar-refractivity contribution >= 4 is 0 Å². The fourth-order valence-electron chi connectivity index (χ4n) is 1.94. The van der Waals surface area contributed by atoms with Crippen LogP contribution < -0.4 is 5.32 Å². The van der Waals surface area contributed by atoms with Crippen molar-refractivity contribution in [3.05, 3.63) is 0 Å². The zero-order valence-electron chi connectivity index (χ0n) is 13.9. The lowest BCUT2D eigenvalue weighted by Gasteiger charge is -2.26. The van der Waals surface area contributed by atoms with Gasteiger partial charge in [0.1, 0.15) is 0 Å². The molecule has 0 saturated carbocycles. The molecule has 2 unspecified atom stereocenters.